The topological polar surface area (TPSA) is 67.7 Å². The predicted molar refractivity (Wildman–Crippen MR) is 159 cm³/mol. The Labute approximate surface area is 242 Å². The highest BCUT2D eigenvalue weighted by Gasteiger charge is 2.38. The maximum Gasteiger partial charge on any atom is 0.242 e. The van der Waals surface area contributed by atoms with E-state index in [4.69, 9.17) is 9.84 Å². The summed E-state index contributed by atoms with van der Waals surface area (Å²) < 4.78 is 21.8. The average Bonchev–Trinajstić information content (AvgIpc) is 3.31. The second-order valence-electron chi connectivity index (χ2n) is 10.3. The lowest BCUT2D eigenvalue weighted by atomic mass is 9.99. The van der Waals surface area contributed by atoms with Gasteiger partial charge in [0.1, 0.15) is 18.2 Å². The second kappa shape index (κ2) is 11.5. The van der Waals surface area contributed by atoms with E-state index in [1.165, 1.54) is 23.9 Å². The Hall–Kier alpha value is -3.95. The number of morpholine rings is 1. The first kappa shape index (κ1) is 27.2. The molecule has 9 heteroatoms. The molecule has 210 valence electrons. The smallest absolute Gasteiger partial charge is 0.242 e. The van der Waals surface area contributed by atoms with Crippen LogP contribution in [0.25, 0.3) is 16.9 Å². The summed E-state index contributed by atoms with van der Waals surface area (Å²) >= 11 is 1.43. The van der Waals surface area contributed by atoms with Crippen LogP contribution < -0.4 is 4.90 Å². The highest BCUT2D eigenvalue weighted by molar-refractivity contribution is 8.00. The summed E-state index contributed by atoms with van der Waals surface area (Å²) in [4.78, 5) is 30.8. The van der Waals surface area contributed by atoms with Crippen molar-refractivity contribution in [3.05, 3.63) is 101 Å². The number of carbonyl (C=O) groups is 2. The number of aromatic nitrogens is 2. The third kappa shape index (κ3) is 5.27. The van der Waals surface area contributed by atoms with E-state index >= 15 is 0 Å². The highest BCUT2D eigenvalue weighted by Crippen LogP contribution is 2.48. The highest BCUT2D eigenvalue weighted by atomic mass is 32.2. The van der Waals surface area contributed by atoms with E-state index in [0.717, 1.165) is 33.5 Å². The summed E-state index contributed by atoms with van der Waals surface area (Å²) in [5, 5.41) is 4.76. The maximum atomic E-state index is 14.6. The number of benzene rings is 3. The zero-order chi connectivity index (χ0) is 28.5. The molecule has 2 aliphatic rings. The molecule has 0 spiro atoms. The number of carbonyl (C=O) groups excluding carboxylic acids is 2. The fourth-order valence-corrected chi connectivity index (χ4v) is 6.63. The van der Waals surface area contributed by atoms with Gasteiger partial charge in [0.15, 0.2) is 0 Å². The van der Waals surface area contributed by atoms with E-state index in [0.29, 0.717) is 37.8 Å². The van der Waals surface area contributed by atoms with Crippen LogP contribution in [0, 0.1) is 19.7 Å². The van der Waals surface area contributed by atoms with Crippen molar-refractivity contribution in [3.63, 3.8) is 0 Å². The average molecular weight is 571 g/mol. The fraction of sp³-hybridized carbons (Fsp3) is 0.281. The van der Waals surface area contributed by atoms with Crippen LogP contribution in [0.3, 0.4) is 0 Å². The van der Waals surface area contributed by atoms with Crippen molar-refractivity contribution in [3.8, 4) is 16.9 Å². The number of hydrogen-bond donors (Lipinski definition) is 0. The lowest BCUT2D eigenvalue weighted by Crippen LogP contribution is -2.48. The number of hydrogen-bond acceptors (Lipinski definition) is 5. The van der Waals surface area contributed by atoms with Crippen molar-refractivity contribution in [2.45, 2.75) is 19.1 Å². The summed E-state index contributed by atoms with van der Waals surface area (Å²) in [7, 11) is 0. The molecule has 0 aliphatic carbocycles. The van der Waals surface area contributed by atoms with Crippen molar-refractivity contribution in [2.24, 2.45) is 0 Å². The quantitative estimate of drug-likeness (QED) is 0.325. The second-order valence-corrected chi connectivity index (χ2v) is 11.4. The number of fused-ring (bicyclic) bond motifs is 1. The Balaban J connectivity index is 1.61. The van der Waals surface area contributed by atoms with Crippen LogP contribution in [0.15, 0.2) is 72.8 Å². The number of rotatable bonds is 5. The number of anilines is 1. The SMILES string of the molecule is Cc1cccc(-n2nc(-c3ccccc3)c3c2N(CC(=O)N2CCOCC2)C(=O)CSC3c2cccc(F)c2)c1C. The van der Waals surface area contributed by atoms with Gasteiger partial charge in [0, 0.05) is 24.2 Å². The van der Waals surface area contributed by atoms with E-state index in [-0.39, 0.29) is 35.2 Å². The molecule has 1 saturated heterocycles. The van der Waals surface area contributed by atoms with E-state index in [2.05, 4.69) is 0 Å². The third-order valence-corrected chi connectivity index (χ3v) is 9.00. The third-order valence-electron chi connectivity index (χ3n) is 7.75. The van der Waals surface area contributed by atoms with Crippen LogP contribution in [0.5, 0.6) is 0 Å². The fourth-order valence-electron chi connectivity index (χ4n) is 5.44. The van der Waals surface area contributed by atoms with Gasteiger partial charge >= 0.3 is 0 Å². The molecule has 1 fully saturated rings. The molecule has 0 radical (unpaired) electrons. The van der Waals surface area contributed by atoms with Gasteiger partial charge in [0.05, 0.1) is 35.6 Å². The van der Waals surface area contributed by atoms with Gasteiger partial charge in [-0.3, -0.25) is 14.5 Å². The van der Waals surface area contributed by atoms with Crippen LogP contribution in [0.4, 0.5) is 10.2 Å². The molecule has 1 aromatic heterocycles. The van der Waals surface area contributed by atoms with Crippen LogP contribution in [-0.2, 0) is 14.3 Å². The van der Waals surface area contributed by atoms with E-state index in [1.54, 1.807) is 15.9 Å². The summed E-state index contributed by atoms with van der Waals surface area (Å²) in [5.41, 5.74) is 6.02. The molecule has 1 atom stereocenters. The minimum absolute atomic E-state index is 0.118. The first-order valence-electron chi connectivity index (χ1n) is 13.7. The van der Waals surface area contributed by atoms with Crippen molar-refractivity contribution in [1.29, 1.82) is 0 Å². The van der Waals surface area contributed by atoms with Gasteiger partial charge < -0.3 is 9.64 Å². The Bertz CT molecular complexity index is 1600. The Morgan fingerprint density at radius 3 is 2.54 bits per heavy atom. The van der Waals surface area contributed by atoms with Crippen molar-refractivity contribution >= 4 is 29.4 Å². The normalized spacial score (nSPS) is 17.3. The Kier molecular flexibility index (Phi) is 7.64. The lowest BCUT2D eigenvalue weighted by molar-refractivity contribution is -0.134. The summed E-state index contributed by atoms with van der Waals surface area (Å²) in [6.07, 6.45) is 0. The van der Waals surface area contributed by atoms with Crippen molar-refractivity contribution in [1.82, 2.24) is 14.7 Å². The molecular formula is C32H31FN4O3S. The van der Waals surface area contributed by atoms with Crippen molar-refractivity contribution < 1.29 is 18.7 Å². The molecule has 3 aromatic carbocycles. The van der Waals surface area contributed by atoms with E-state index < -0.39 is 0 Å². The van der Waals surface area contributed by atoms with Gasteiger partial charge in [0.2, 0.25) is 11.8 Å². The molecule has 0 N–H and O–H groups in total. The van der Waals surface area contributed by atoms with Gasteiger partial charge in [0.25, 0.3) is 0 Å². The van der Waals surface area contributed by atoms with Crippen molar-refractivity contribution in [2.75, 3.05) is 43.5 Å². The first-order chi connectivity index (χ1) is 19.9. The molecule has 2 amide bonds. The van der Waals surface area contributed by atoms with Crippen LogP contribution in [0.2, 0.25) is 0 Å². The van der Waals surface area contributed by atoms with Gasteiger partial charge in [-0.25, -0.2) is 9.07 Å². The zero-order valence-corrected chi connectivity index (χ0v) is 23.9. The van der Waals surface area contributed by atoms with Crippen LogP contribution in [0.1, 0.15) is 27.5 Å². The van der Waals surface area contributed by atoms with Gasteiger partial charge in [-0.1, -0.05) is 54.6 Å². The summed E-state index contributed by atoms with van der Waals surface area (Å²) in [6, 6.07) is 22.3. The Morgan fingerprint density at radius 1 is 1.02 bits per heavy atom. The van der Waals surface area contributed by atoms with Gasteiger partial charge in [-0.15, -0.1) is 11.8 Å². The minimum atomic E-state index is -0.387. The molecule has 4 aromatic rings. The number of ether oxygens (including phenoxy) is 1. The van der Waals surface area contributed by atoms with Crippen LogP contribution in [-0.4, -0.2) is 65.1 Å². The minimum Gasteiger partial charge on any atom is -0.378 e. The molecular weight excluding hydrogens is 539 g/mol. The monoisotopic (exact) mass is 570 g/mol. The summed E-state index contributed by atoms with van der Waals surface area (Å²) in [6.45, 7) is 5.87. The predicted octanol–water partition coefficient (Wildman–Crippen LogP) is 5.32. The van der Waals surface area contributed by atoms with E-state index in [9.17, 15) is 14.0 Å². The van der Waals surface area contributed by atoms with Gasteiger partial charge in [-0.2, -0.15) is 5.10 Å². The number of halogens is 1. The molecule has 6 rings (SSSR count). The summed E-state index contributed by atoms with van der Waals surface area (Å²) in [5.74, 6) is -0.00130. The number of aryl methyl sites for hydroxylation is 1. The standard InChI is InChI=1S/C32H31FN4O3S/c1-21-8-6-13-26(22(21)2)37-32-29(30(34-37)23-9-4-3-5-10-23)31(24-11-7-12-25(33)18-24)41-20-28(39)36(32)19-27(38)35-14-16-40-17-15-35/h3-13,18,31H,14-17,19-20H2,1-2H3. The Morgan fingerprint density at radius 2 is 1.78 bits per heavy atom. The molecule has 2 aliphatic heterocycles. The number of thioether (sulfide) groups is 1. The molecule has 1 unspecified atom stereocenters. The largest absolute Gasteiger partial charge is 0.378 e. The zero-order valence-electron chi connectivity index (χ0n) is 23.0. The molecule has 41 heavy (non-hydrogen) atoms. The number of nitrogens with zero attached hydrogens (tertiary/aromatic N) is 4. The molecule has 0 bridgehead atoms. The first-order valence-corrected chi connectivity index (χ1v) is 14.7. The maximum absolute atomic E-state index is 14.6. The van der Waals surface area contributed by atoms with E-state index in [1.807, 2.05) is 73.1 Å². The molecule has 7 nitrogen and oxygen atoms in total. The van der Waals surface area contributed by atoms with Gasteiger partial charge in [-0.05, 0) is 48.7 Å². The van der Waals surface area contributed by atoms with Crippen LogP contribution >= 0.6 is 11.8 Å². The molecule has 0 saturated carbocycles. The lowest BCUT2D eigenvalue weighted by Gasteiger charge is -2.30. The number of amides is 2. The molecule has 3 heterocycles.